The predicted octanol–water partition coefficient (Wildman–Crippen LogP) is 4.66. The second-order valence-corrected chi connectivity index (χ2v) is 5.97. The van der Waals surface area contributed by atoms with Gasteiger partial charge < -0.3 is 10.1 Å². The monoisotopic (exact) mass is 355 g/mol. The molecule has 0 aromatic heterocycles. The number of anilines is 1. The lowest BCUT2D eigenvalue weighted by molar-refractivity contribution is 0.246. The molecule has 1 N–H and O–H groups in total. The Morgan fingerprint density at radius 3 is 2.95 bits per heavy atom. The summed E-state index contributed by atoms with van der Waals surface area (Å²) in [6.07, 6.45) is 0.732. The van der Waals surface area contributed by atoms with Crippen LogP contribution in [0.25, 0.3) is 0 Å². The van der Waals surface area contributed by atoms with E-state index in [9.17, 15) is 4.39 Å². The molecular formula is C15H12BrClFNO. The van der Waals surface area contributed by atoms with Crippen molar-refractivity contribution in [3.8, 4) is 5.75 Å². The van der Waals surface area contributed by atoms with E-state index in [1.165, 1.54) is 12.1 Å². The SMILES string of the molecule is Fc1ccc2c(c1)CC(CNc1ccc(Cl)c(Br)c1)O2. The first-order chi connectivity index (χ1) is 9.61. The summed E-state index contributed by atoms with van der Waals surface area (Å²) in [5, 5.41) is 3.97. The number of fused-ring (bicyclic) bond motifs is 1. The smallest absolute Gasteiger partial charge is 0.123 e. The summed E-state index contributed by atoms with van der Waals surface area (Å²) < 4.78 is 19.8. The van der Waals surface area contributed by atoms with Gasteiger partial charge in [-0.15, -0.1) is 0 Å². The Labute approximate surface area is 130 Å². The Morgan fingerprint density at radius 2 is 2.15 bits per heavy atom. The number of halogens is 3. The third-order valence-electron chi connectivity index (χ3n) is 3.22. The quantitative estimate of drug-likeness (QED) is 0.864. The molecule has 1 aliphatic heterocycles. The molecule has 0 bridgehead atoms. The van der Waals surface area contributed by atoms with Crippen LogP contribution >= 0.6 is 27.5 Å². The fraction of sp³-hybridized carbons (Fsp3) is 0.200. The molecule has 3 rings (SSSR count). The lowest BCUT2D eigenvalue weighted by Crippen LogP contribution is -2.23. The van der Waals surface area contributed by atoms with Crippen LogP contribution in [0.4, 0.5) is 10.1 Å². The molecule has 0 aliphatic carbocycles. The fourth-order valence-electron chi connectivity index (χ4n) is 2.24. The zero-order valence-electron chi connectivity index (χ0n) is 10.5. The van der Waals surface area contributed by atoms with Crippen molar-refractivity contribution < 1.29 is 9.13 Å². The lowest BCUT2D eigenvalue weighted by atomic mass is 10.1. The van der Waals surface area contributed by atoms with E-state index in [1.54, 1.807) is 6.07 Å². The minimum Gasteiger partial charge on any atom is -0.488 e. The molecule has 5 heteroatoms. The van der Waals surface area contributed by atoms with Crippen molar-refractivity contribution in [3.63, 3.8) is 0 Å². The van der Waals surface area contributed by atoms with Crippen LogP contribution in [-0.2, 0) is 6.42 Å². The number of nitrogens with one attached hydrogen (secondary N) is 1. The van der Waals surface area contributed by atoms with Crippen molar-refractivity contribution in [2.24, 2.45) is 0 Å². The van der Waals surface area contributed by atoms with E-state index in [2.05, 4.69) is 21.2 Å². The van der Waals surface area contributed by atoms with E-state index < -0.39 is 0 Å². The van der Waals surface area contributed by atoms with E-state index in [1.807, 2.05) is 18.2 Å². The molecule has 0 fully saturated rings. The largest absolute Gasteiger partial charge is 0.488 e. The normalized spacial score (nSPS) is 16.6. The van der Waals surface area contributed by atoms with Gasteiger partial charge in [-0.3, -0.25) is 0 Å². The first kappa shape index (κ1) is 13.7. The molecule has 2 aromatic carbocycles. The lowest BCUT2D eigenvalue weighted by Gasteiger charge is -2.13. The molecule has 1 heterocycles. The van der Waals surface area contributed by atoms with E-state index >= 15 is 0 Å². The van der Waals surface area contributed by atoms with E-state index in [0.717, 1.165) is 27.9 Å². The van der Waals surface area contributed by atoms with Crippen LogP contribution in [0.2, 0.25) is 5.02 Å². The first-order valence-corrected chi connectivity index (χ1v) is 7.43. The Bertz CT molecular complexity index is 650. The van der Waals surface area contributed by atoms with Gasteiger partial charge in [0.25, 0.3) is 0 Å². The predicted molar refractivity (Wildman–Crippen MR) is 82.2 cm³/mol. The second-order valence-electron chi connectivity index (χ2n) is 4.71. The highest BCUT2D eigenvalue weighted by molar-refractivity contribution is 9.10. The molecular weight excluding hydrogens is 345 g/mol. The highest BCUT2D eigenvalue weighted by atomic mass is 79.9. The number of rotatable bonds is 3. The Balaban J connectivity index is 1.62. The Morgan fingerprint density at radius 1 is 1.30 bits per heavy atom. The van der Waals surface area contributed by atoms with Crippen molar-refractivity contribution >= 4 is 33.2 Å². The second kappa shape index (κ2) is 5.62. The Kier molecular flexibility index (Phi) is 3.85. The van der Waals surface area contributed by atoms with Crippen molar-refractivity contribution in [3.05, 3.63) is 57.3 Å². The van der Waals surface area contributed by atoms with Crippen LogP contribution in [0, 0.1) is 5.82 Å². The standard InChI is InChI=1S/C15H12BrClFNO/c16-13-7-11(2-3-14(13)17)19-8-12-6-9-5-10(18)1-4-15(9)20-12/h1-5,7,12,19H,6,8H2. The summed E-state index contributed by atoms with van der Waals surface area (Å²) in [7, 11) is 0. The fourth-order valence-corrected chi connectivity index (χ4v) is 2.74. The number of ether oxygens (including phenoxy) is 1. The van der Waals surface area contributed by atoms with Crippen molar-refractivity contribution in [2.45, 2.75) is 12.5 Å². The summed E-state index contributed by atoms with van der Waals surface area (Å²) in [5.41, 5.74) is 1.89. The molecule has 0 saturated heterocycles. The topological polar surface area (TPSA) is 21.3 Å². The summed E-state index contributed by atoms with van der Waals surface area (Å²) in [6, 6.07) is 10.3. The summed E-state index contributed by atoms with van der Waals surface area (Å²) in [5.74, 6) is 0.554. The van der Waals surface area contributed by atoms with Gasteiger partial charge in [0.15, 0.2) is 0 Å². The van der Waals surface area contributed by atoms with Gasteiger partial charge in [-0.05, 0) is 52.3 Å². The minimum absolute atomic E-state index is 0.0150. The third-order valence-corrected chi connectivity index (χ3v) is 4.43. The molecule has 0 spiro atoms. The van der Waals surface area contributed by atoms with Crippen LogP contribution in [0.15, 0.2) is 40.9 Å². The number of hydrogen-bond acceptors (Lipinski definition) is 2. The number of hydrogen-bond donors (Lipinski definition) is 1. The highest BCUT2D eigenvalue weighted by Gasteiger charge is 2.22. The summed E-state index contributed by atoms with van der Waals surface area (Å²) in [6.45, 7) is 0.657. The van der Waals surface area contributed by atoms with Crippen LogP contribution in [0.1, 0.15) is 5.56 Å². The van der Waals surface area contributed by atoms with Gasteiger partial charge in [0.1, 0.15) is 17.7 Å². The van der Waals surface area contributed by atoms with Gasteiger partial charge in [0.2, 0.25) is 0 Å². The summed E-state index contributed by atoms with van der Waals surface area (Å²) in [4.78, 5) is 0. The molecule has 0 saturated carbocycles. The van der Waals surface area contributed by atoms with Gasteiger partial charge in [-0.25, -0.2) is 4.39 Å². The molecule has 2 nitrogen and oxygen atoms in total. The van der Waals surface area contributed by atoms with Gasteiger partial charge in [0, 0.05) is 22.1 Å². The van der Waals surface area contributed by atoms with Crippen LogP contribution < -0.4 is 10.1 Å². The third kappa shape index (κ3) is 2.91. The Hall–Kier alpha value is -1.26. The van der Waals surface area contributed by atoms with Gasteiger partial charge in [-0.1, -0.05) is 11.6 Å². The first-order valence-electron chi connectivity index (χ1n) is 6.26. The van der Waals surface area contributed by atoms with E-state index in [0.29, 0.717) is 11.6 Å². The molecule has 0 amide bonds. The molecule has 20 heavy (non-hydrogen) atoms. The molecule has 1 unspecified atom stereocenters. The molecule has 2 aromatic rings. The highest BCUT2D eigenvalue weighted by Crippen LogP contribution is 2.30. The number of benzene rings is 2. The van der Waals surface area contributed by atoms with Crippen LogP contribution in [-0.4, -0.2) is 12.6 Å². The molecule has 1 atom stereocenters. The summed E-state index contributed by atoms with van der Waals surface area (Å²) >= 11 is 9.33. The minimum atomic E-state index is -0.220. The van der Waals surface area contributed by atoms with E-state index in [4.69, 9.17) is 16.3 Å². The molecule has 104 valence electrons. The molecule has 0 radical (unpaired) electrons. The van der Waals surface area contributed by atoms with Crippen molar-refractivity contribution in [2.75, 3.05) is 11.9 Å². The van der Waals surface area contributed by atoms with Crippen molar-refractivity contribution in [1.29, 1.82) is 0 Å². The maximum Gasteiger partial charge on any atom is 0.123 e. The van der Waals surface area contributed by atoms with Gasteiger partial charge in [0.05, 0.1) is 11.6 Å². The average Bonchev–Trinajstić information content (AvgIpc) is 2.82. The van der Waals surface area contributed by atoms with Gasteiger partial charge in [-0.2, -0.15) is 0 Å². The zero-order valence-corrected chi connectivity index (χ0v) is 12.8. The average molecular weight is 357 g/mol. The zero-order chi connectivity index (χ0) is 14.1. The molecule has 1 aliphatic rings. The van der Waals surface area contributed by atoms with E-state index in [-0.39, 0.29) is 11.9 Å². The van der Waals surface area contributed by atoms with Crippen LogP contribution in [0.5, 0.6) is 5.75 Å². The van der Waals surface area contributed by atoms with Crippen LogP contribution in [0.3, 0.4) is 0 Å². The maximum absolute atomic E-state index is 13.1. The van der Waals surface area contributed by atoms with Crippen molar-refractivity contribution in [1.82, 2.24) is 0 Å². The maximum atomic E-state index is 13.1. The van der Waals surface area contributed by atoms with Gasteiger partial charge >= 0.3 is 0 Å².